The Morgan fingerprint density at radius 1 is 0.900 bits per heavy atom. The van der Waals surface area contributed by atoms with Crippen LogP contribution in [0.2, 0.25) is 0 Å². The highest BCUT2D eigenvalue weighted by molar-refractivity contribution is 14.1. The molecule has 1 N–H and O–H groups in total. The van der Waals surface area contributed by atoms with Crippen LogP contribution in [0.3, 0.4) is 0 Å². The normalized spacial score (nSPS) is 51.3. The van der Waals surface area contributed by atoms with E-state index >= 15 is 0 Å². The fourth-order valence-electron chi connectivity index (χ4n) is 6.64. The van der Waals surface area contributed by atoms with E-state index in [4.69, 9.17) is 8.17 Å². The first kappa shape index (κ1) is 14.3. The average Bonchev–Trinajstić information content (AvgIpc) is 2.64. The summed E-state index contributed by atoms with van der Waals surface area (Å²) in [5.74, 6) is 8.61. The van der Waals surface area contributed by atoms with Crippen LogP contribution < -0.4 is 0 Å². The Morgan fingerprint density at radius 2 is 1.70 bits per heavy atom. The second-order valence-corrected chi connectivity index (χ2v) is 8.49. The summed E-state index contributed by atoms with van der Waals surface area (Å²) in [6.45, 7) is 1.34. The van der Waals surface area contributed by atoms with Gasteiger partial charge in [0.15, 0.2) is 0 Å². The van der Waals surface area contributed by atoms with Gasteiger partial charge in [-0.2, -0.15) is 0 Å². The van der Waals surface area contributed by atoms with Gasteiger partial charge in [0.2, 0.25) is 0 Å². The number of hydrogen-bond donors (Lipinski definition) is 1. The van der Waals surface area contributed by atoms with E-state index in [0.717, 1.165) is 60.4 Å². The average molecular weight is 390 g/mol. The first-order chi connectivity index (χ1) is 9.85. The van der Waals surface area contributed by atoms with Crippen LogP contribution in [-0.2, 0) is 3.07 Å². The van der Waals surface area contributed by atoms with Crippen LogP contribution in [0.4, 0.5) is 0 Å². The molecule has 0 aromatic rings. The zero-order valence-electron chi connectivity index (χ0n) is 12.2. The Hall–Kier alpha value is 0.650. The van der Waals surface area contributed by atoms with Gasteiger partial charge in [-0.1, -0.05) is 12.8 Å². The molecule has 3 heteroatoms. The predicted molar refractivity (Wildman–Crippen MR) is 87.3 cm³/mol. The standard InChI is InChI=1S/C17H27IO2/c18-20-6-4-11-7-12-9-14-13-8-10(3-1-2-5-19)16(13)17(14)15(11)12/h10-17,19H,1-9H2. The number of aliphatic hydroxyl groups is 1. The van der Waals surface area contributed by atoms with Crippen molar-refractivity contribution >= 4 is 23.0 Å². The molecular weight excluding hydrogens is 363 g/mol. The minimum Gasteiger partial charge on any atom is -0.396 e. The summed E-state index contributed by atoms with van der Waals surface area (Å²) in [5, 5.41) is 8.94. The first-order valence-corrected chi connectivity index (χ1v) is 9.57. The second kappa shape index (κ2) is 5.69. The zero-order chi connectivity index (χ0) is 13.7. The van der Waals surface area contributed by atoms with Gasteiger partial charge in [0.1, 0.15) is 23.0 Å². The SMILES string of the molecule is OCCCCC1CC2C3CC4CC(CCOI)C4C3C12. The van der Waals surface area contributed by atoms with Crippen LogP contribution in [0.25, 0.3) is 0 Å². The monoisotopic (exact) mass is 390 g/mol. The maximum Gasteiger partial charge on any atom is 0.109 e. The van der Waals surface area contributed by atoms with E-state index in [1.54, 1.807) is 6.42 Å². The Morgan fingerprint density at radius 3 is 2.50 bits per heavy atom. The van der Waals surface area contributed by atoms with Crippen molar-refractivity contribution < 1.29 is 8.17 Å². The molecule has 0 radical (unpaired) electrons. The van der Waals surface area contributed by atoms with Gasteiger partial charge in [0.05, 0.1) is 6.61 Å². The van der Waals surface area contributed by atoms with Crippen molar-refractivity contribution in [3.05, 3.63) is 0 Å². The molecule has 114 valence electrons. The molecule has 20 heavy (non-hydrogen) atoms. The van der Waals surface area contributed by atoms with E-state index in [9.17, 15) is 0 Å². The third-order valence-corrected chi connectivity index (χ3v) is 7.81. The van der Waals surface area contributed by atoms with Crippen molar-refractivity contribution in [2.45, 2.75) is 44.9 Å². The van der Waals surface area contributed by atoms with Crippen molar-refractivity contribution in [3.63, 3.8) is 0 Å². The molecule has 4 rings (SSSR count). The van der Waals surface area contributed by atoms with Gasteiger partial charge in [-0.05, 0) is 79.4 Å². The molecule has 0 amide bonds. The van der Waals surface area contributed by atoms with Crippen LogP contribution in [0.1, 0.15) is 44.9 Å². The molecule has 4 fully saturated rings. The van der Waals surface area contributed by atoms with Crippen molar-refractivity contribution in [1.82, 2.24) is 0 Å². The van der Waals surface area contributed by atoms with Crippen molar-refractivity contribution in [3.8, 4) is 0 Å². The zero-order valence-corrected chi connectivity index (χ0v) is 14.4. The van der Waals surface area contributed by atoms with Crippen molar-refractivity contribution in [1.29, 1.82) is 0 Å². The Labute approximate surface area is 136 Å². The third-order valence-electron chi connectivity index (χ3n) is 7.36. The van der Waals surface area contributed by atoms with E-state index in [0.29, 0.717) is 6.61 Å². The fraction of sp³-hybridized carbons (Fsp3) is 1.00. The van der Waals surface area contributed by atoms with Gasteiger partial charge in [-0.15, -0.1) is 0 Å². The summed E-state index contributed by atoms with van der Waals surface area (Å²) in [6.07, 6.45) is 9.57. The van der Waals surface area contributed by atoms with Gasteiger partial charge in [-0.25, -0.2) is 0 Å². The Kier molecular flexibility index (Phi) is 4.06. The number of halogens is 1. The summed E-state index contributed by atoms with van der Waals surface area (Å²) in [6, 6.07) is 0. The molecule has 0 bridgehead atoms. The molecule has 8 atom stereocenters. The highest BCUT2D eigenvalue weighted by atomic mass is 127. The van der Waals surface area contributed by atoms with Crippen LogP contribution in [0.5, 0.6) is 0 Å². The van der Waals surface area contributed by atoms with Gasteiger partial charge in [0.25, 0.3) is 0 Å². The molecule has 4 aliphatic carbocycles. The summed E-state index contributed by atoms with van der Waals surface area (Å²) in [5.41, 5.74) is 0. The van der Waals surface area contributed by atoms with Gasteiger partial charge >= 0.3 is 0 Å². The quantitative estimate of drug-likeness (QED) is 0.525. The molecule has 0 aromatic heterocycles. The lowest BCUT2D eigenvalue weighted by atomic mass is 9.40. The lowest BCUT2D eigenvalue weighted by Gasteiger charge is -2.65. The molecule has 4 aliphatic rings. The van der Waals surface area contributed by atoms with Crippen molar-refractivity contribution in [2.75, 3.05) is 13.2 Å². The number of rotatable bonds is 7. The molecule has 0 spiro atoms. The number of fused-ring (bicyclic) bond motifs is 6. The lowest BCUT2D eigenvalue weighted by Crippen LogP contribution is -2.59. The number of aliphatic hydroxyl groups excluding tert-OH is 1. The topological polar surface area (TPSA) is 29.5 Å². The van der Waals surface area contributed by atoms with E-state index < -0.39 is 0 Å². The third kappa shape index (κ3) is 2.02. The van der Waals surface area contributed by atoms with Crippen LogP contribution in [0, 0.1) is 47.3 Å². The summed E-state index contributed by atoms with van der Waals surface area (Å²) < 4.78 is 5.27. The molecule has 0 heterocycles. The molecule has 8 unspecified atom stereocenters. The second-order valence-electron chi connectivity index (χ2n) is 7.87. The number of unbranched alkanes of at least 4 members (excludes halogenated alkanes) is 1. The van der Waals surface area contributed by atoms with Crippen LogP contribution in [-0.4, -0.2) is 18.3 Å². The van der Waals surface area contributed by atoms with Gasteiger partial charge in [0, 0.05) is 6.61 Å². The minimum atomic E-state index is 0.385. The van der Waals surface area contributed by atoms with Gasteiger partial charge in [-0.3, -0.25) is 0 Å². The summed E-state index contributed by atoms with van der Waals surface area (Å²) in [4.78, 5) is 0. The Balaban J connectivity index is 1.33. The molecule has 4 saturated carbocycles. The highest BCUT2D eigenvalue weighted by Gasteiger charge is 2.69. The summed E-state index contributed by atoms with van der Waals surface area (Å²) in [7, 11) is 0. The first-order valence-electron chi connectivity index (χ1n) is 8.69. The van der Waals surface area contributed by atoms with E-state index in [1.165, 1.54) is 32.1 Å². The van der Waals surface area contributed by atoms with E-state index in [2.05, 4.69) is 0 Å². The minimum absolute atomic E-state index is 0.385. The van der Waals surface area contributed by atoms with Crippen LogP contribution >= 0.6 is 23.0 Å². The van der Waals surface area contributed by atoms with E-state index in [1.807, 2.05) is 23.0 Å². The predicted octanol–water partition coefficient (Wildman–Crippen LogP) is 4.06. The maximum atomic E-state index is 8.94. The summed E-state index contributed by atoms with van der Waals surface area (Å²) >= 11 is 2.04. The number of hydrogen-bond acceptors (Lipinski definition) is 2. The lowest BCUT2D eigenvalue weighted by molar-refractivity contribution is -0.167. The largest absolute Gasteiger partial charge is 0.396 e. The van der Waals surface area contributed by atoms with E-state index in [-0.39, 0.29) is 0 Å². The molecular formula is C17H27IO2. The molecule has 2 nitrogen and oxygen atoms in total. The van der Waals surface area contributed by atoms with Crippen molar-refractivity contribution in [2.24, 2.45) is 47.3 Å². The molecule has 0 saturated heterocycles. The van der Waals surface area contributed by atoms with Gasteiger partial charge < -0.3 is 8.17 Å². The molecule has 0 aromatic carbocycles. The smallest absolute Gasteiger partial charge is 0.109 e. The highest BCUT2D eigenvalue weighted by Crippen LogP contribution is 2.75. The van der Waals surface area contributed by atoms with Crippen LogP contribution in [0.15, 0.2) is 0 Å². The molecule has 0 aliphatic heterocycles. The Bertz CT molecular complexity index is 359. The maximum absolute atomic E-state index is 8.94. The fourth-order valence-corrected chi connectivity index (χ4v) is 6.89.